The minimum absolute atomic E-state index is 0.104. The lowest BCUT2D eigenvalue weighted by Gasteiger charge is -2.28. The number of hydrogen-bond acceptors (Lipinski definition) is 7. The van der Waals surface area contributed by atoms with Gasteiger partial charge >= 0.3 is 11.9 Å². The maximum Gasteiger partial charge on any atom is 0.343 e. The van der Waals surface area contributed by atoms with E-state index in [-0.39, 0.29) is 41.2 Å². The highest BCUT2D eigenvalue weighted by Crippen LogP contribution is 2.39. The molecule has 0 bridgehead atoms. The highest BCUT2D eigenvalue weighted by atomic mass is 35.5. The van der Waals surface area contributed by atoms with E-state index in [2.05, 4.69) is 15.6 Å². The fraction of sp³-hybridized carbons (Fsp3) is 0.333. The second kappa shape index (κ2) is 13.1. The first-order valence-corrected chi connectivity index (χ1v) is 12.2. The molecule has 8 nitrogen and oxygen atoms in total. The Kier molecular flexibility index (Phi) is 9.95. The molecular weight excluding hydrogens is 519 g/mol. The lowest BCUT2D eigenvalue weighted by Crippen LogP contribution is -2.34. The Bertz CT molecular complexity index is 1270. The number of rotatable bonds is 9. The van der Waals surface area contributed by atoms with Crippen LogP contribution < -0.4 is 9.64 Å². The van der Waals surface area contributed by atoms with Gasteiger partial charge in [0.1, 0.15) is 5.75 Å². The van der Waals surface area contributed by atoms with Crippen LogP contribution >= 0.6 is 23.2 Å². The van der Waals surface area contributed by atoms with Gasteiger partial charge in [0.2, 0.25) is 0 Å². The van der Waals surface area contributed by atoms with Crippen molar-refractivity contribution in [2.45, 2.75) is 39.2 Å². The van der Waals surface area contributed by atoms with E-state index in [1.165, 1.54) is 24.1 Å². The predicted molar refractivity (Wildman–Crippen MR) is 139 cm³/mol. The van der Waals surface area contributed by atoms with Crippen molar-refractivity contribution in [2.75, 3.05) is 25.2 Å². The van der Waals surface area contributed by atoms with Gasteiger partial charge in [-0.15, -0.1) is 6.42 Å². The maximum absolute atomic E-state index is 14.1. The van der Waals surface area contributed by atoms with E-state index < -0.39 is 17.8 Å². The summed E-state index contributed by atoms with van der Waals surface area (Å²) >= 11 is 12.9. The molecule has 37 heavy (non-hydrogen) atoms. The molecule has 1 aromatic carbocycles. The lowest BCUT2D eigenvalue weighted by atomic mass is 9.90. The third-order valence-corrected chi connectivity index (χ3v) is 6.44. The second-order valence-electron chi connectivity index (χ2n) is 8.24. The largest absolute Gasteiger partial charge is 0.480 e. The molecule has 0 radical (unpaired) electrons. The molecule has 10 heteroatoms. The zero-order valence-corrected chi connectivity index (χ0v) is 22.0. The number of amides is 1. The van der Waals surface area contributed by atoms with Gasteiger partial charge in [-0.3, -0.25) is 9.78 Å². The number of ether oxygens (including phenoxy) is 3. The van der Waals surface area contributed by atoms with Crippen LogP contribution in [0.5, 0.6) is 5.75 Å². The number of hydrogen-bond donors (Lipinski definition) is 0. The van der Waals surface area contributed by atoms with Crippen LogP contribution in [0.3, 0.4) is 0 Å². The number of esters is 2. The minimum Gasteiger partial charge on any atom is -0.480 e. The quantitative estimate of drug-likeness (QED) is 0.329. The van der Waals surface area contributed by atoms with Crippen molar-refractivity contribution in [3.8, 4) is 18.1 Å². The molecule has 0 atom stereocenters. The van der Waals surface area contributed by atoms with Gasteiger partial charge in [0.15, 0.2) is 13.2 Å². The number of aryl methyl sites for hydroxylation is 1. The van der Waals surface area contributed by atoms with E-state index in [0.29, 0.717) is 24.0 Å². The molecule has 1 aromatic heterocycles. The summed E-state index contributed by atoms with van der Waals surface area (Å²) in [6.07, 6.45) is 10.8. The van der Waals surface area contributed by atoms with Crippen LogP contribution in [-0.4, -0.2) is 43.2 Å². The van der Waals surface area contributed by atoms with Gasteiger partial charge in [0.25, 0.3) is 5.91 Å². The number of aromatic nitrogens is 1. The van der Waals surface area contributed by atoms with Gasteiger partial charge in [-0.25, -0.2) is 9.59 Å². The van der Waals surface area contributed by atoms with E-state index in [4.69, 9.17) is 39.1 Å². The molecule has 2 aromatic rings. The summed E-state index contributed by atoms with van der Waals surface area (Å²) < 4.78 is 15.3. The Morgan fingerprint density at radius 2 is 1.86 bits per heavy atom. The Morgan fingerprint density at radius 1 is 1.14 bits per heavy atom. The van der Waals surface area contributed by atoms with E-state index in [9.17, 15) is 14.4 Å². The number of benzene rings is 1. The van der Waals surface area contributed by atoms with E-state index in [0.717, 1.165) is 24.0 Å². The molecule has 0 unspecified atom stereocenters. The Labute approximate surface area is 225 Å². The van der Waals surface area contributed by atoms with Crippen molar-refractivity contribution in [3.05, 3.63) is 62.9 Å². The van der Waals surface area contributed by atoms with Crippen molar-refractivity contribution in [3.63, 3.8) is 0 Å². The maximum atomic E-state index is 14.1. The molecular formula is C27H26Cl2N2O6. The van der Waals surface area contributed by atoms with Gasteiger partial charge in [-0.05, 0) is 55.9 Å². The van der Waals surface area contributed by atoms with E-state index >= 15 is 0 Å². The molecule has 0 N–H and O–H groups in total. The molecule has 1 heterocycles. The summed E-state index contributed by atoms with van der Waals surface area (Å²) in [4.78, 5) is 44.0. The van der Waals surface area contributed by atoms with Crippen LogP contribution in [0, 0.1) is 19.3 Å². The number of terminal acetylenes is 1. The first-order valence-electron chi connectivity index (χ1n) is 11.5. The highest BCUT2D eigenvalue weighted by molar-refractivity contribution is 6.37. The summed E-state index contributed by atoms with van der Waals surface area (Å²) in [5, 5.41) is 0.330. The zero-order valence-electron chi connectivity index (χ0n) is 20.5. The minimum atomic E-state index is -0.609. The van der Waals surface area contributed by atoms with Crippen LogP contribution in [0.1, 0.15) is 36.8 Å². The fourth-order valence-corrected chi connectivity index (χ4v) is 4.39. The Balaban J connectivity index is 2.10. The van der Waals surface area contributed by atoms with Crippen LogP contribution in [0.2, 0.25) is 10.0 Å². The average Bonchev–Trinajstić information content (AvgIpc) is 2.90. The molecule has 0 saturated carbocycles. The monoisotopic (exact) mass is 544 g/mol. The Hall–Kier alpha value is -3.54. The SMILES string of the molecule is C#CCOC(=O)C1=C(C(=O)N(Cc2cnccc2C)c2cc(OCC(=O)OC)c(Cl)cc2Cl)CCCC1. The first-order chi connectivity index (χ1) is 17.8. The van der Waals surface area contributed by atoms with Gasteiger partial charge in [-0.1, -0.05) is 29.1 Å². The lowest BCUT2D eigenvalue weighted by molar-refractivity contribution is -0.143. The van der Waals surface area contributed by atoms with Crippen molar-refractivity contribution in [1.29, 1.82) is 0 Å². The van der Waals surface area contributed by atoms with E-state index in [1.807, 2.05) is 13.0 Å². The molecule has 1 aliphatic rings. The fourth-order valence-electron chi connectivity index (χ4n) is 3.85. The van der Waals surface area contributed by atoms with Gasteiger partial charge < -0.3 is 19.1 Å². The Morgan fingerprint density at radius 3 is 2.54 bits per heavy atom. The molecule has 0 spiro atoms. The predicted octanol–water partition coefficient (Wildman–Crippen LogP) is 4.83. The summed E-state index contributed by atoms with van der Waals surface area (Å²) in [5.74, 6) is 0.776. The molecule has 0 saturated heterocycles. The zero-order chi connectivity index (χ0) is 26.9. The molecule has 194 valence electrons. The molecule has 0 fully saturated rings. The number of anilines is 1. The summed E-state index contributed by atoms with van der Waals surface area (Å²) in [7, 11) is 1.24. The number of pyridine rings is 1. The van der Waals surface area contributed by atoms with Gasteiger partial charge in [0.05, 0.1) is 29.4 Å². The van der Waals surface area contributed by atoms with Crippen LogP contribution in [0.15, 0.2) is 41.7 Å². The standard InChI is InChI=1S/C27H26Cl2N2O6/c1-4-11-36-27(34)20-8-6-5-7-19(20)26(33)31(15-18-14-30-10-9-17(18)2)23-13-24(22(29)12-21(23)28)37-16-25(32)35-3/h1,9-10,12-14H,5-8,11,15-16H2,2-3H3. The van der Waals surface area contributed by atoms with Crippen molar-refractivity contribution in [1.82, 2.24) is 4.98 Å². The number of carbonyl (C=O) groups excluding carboxylic acids is 3. The number of carbonyl (C=O) groups is 3. The van der Waals surface area contributed by atoms with Crippen LogP contribution in [-0.2, 0) is 30.4 Å². The number of methoxy groups -OCH3 is 1. The number of nitrogens with zero attached hydrogens (tertiary/aromatic N) is 2. The smallest absolute Gasteiger partial charge is 0.343 e. The van der Waals surface area contributed by atoms with Crippen molar-refractivity contribution < 1.29 is 28.6 Å². The van der Waals surface area contributed by atoms with Crippen LogP contribution in [0.25, 0.3) is 0 Å². The third kappa shape index (κ3) is 7.03. The highest BCUT2D eigenvalue weighted by Gasteiger charge is 2.30. The number of halogens is 2. The van der Waals surface area contributed by atoms with Gasteiger partial charge in [-0.2, -0.15) is 0 Å². The topological polar surface area (TPSA) is 95.0 Å². The molecule has 1 aliphatic carbocycles. The normalized spacial score (nSPS) is 12.9. The first kappa shape index (κ1) is 28.0. The van der Waals surface area contributed by atoms with Crippen molar-refractivity contribution in [2.24, 2.45) is 0 Å². The van der Waals surface area contributed by atoms with Gasteiger partial charge in [0, 0.05) is 29.6 Å². The molecule has 3 rings (SSSR count). The summed E-state index contributed by atoms with van der Waals surface area (Å²) in [6, 6.07) is 4.74. The molecule has 1 amide bonds. The van der Waals surface area contributed by atoms with Crippen molar-refractivity contribution >= 4 is 46.7 Å². The average molecular weight is 545 g/mol. The summed E-state index contributed by atoms with van der Waals surface area (Å²) in [6.45, 7) is 1.43. The second-order valence-corrected chi connectivity index (χ2v) is 9.05. The van der Waals surface area contributed by atoms with E-state index in [1.54, 1.807) is 12.4 Å². The molecule has 0 aliphatic heterocycles. The summed E-state index contributed by atoms with van der Waals surface area (Å²) in [5.41, 5.74) is 2.59. The van der Waals surface area contributed by atoms with Crippen LogP contribution in [0.4, 0.5) is 5.69 Å². The third-order valence-electron chi connectivity index (χ3n) is 5.85.